The van der Waals surface area contributed by atoms with Gasteiger partial charge in [-0.3, -0.25) is 0 Å². The Labute approximate surface area is 60.0 Å². The van der Waals surface area contributed by atoms with Crippen molar-refractivity contribution >= 4 is 11.7 Å². The Morgan fingerprint density at radius 1 is 1.50 bits per heavy atom. The van der Waals surface area contributed by atoms with Crippen LogP contribution in [0.15, 0.2) is 5.16 Å². The van der Waals surface area contributed by atoms with Crippen molar-refractivity contribution in [1.29, 1.82) is 0 Å². The van der Waals surface area contributed by atoms with Gasteiger partial charge in [-0.05, 0) is 26.7 Å². The standard InChI is InChI=1S/C7H11NO2/c1-5(2)8-10-7(9)6-3-4-6/h6H,3-4H2,1-2H3. The highest BCUT2D eigenvalue weighted by Crippen LogP contribution is 2.30. The van der Waals surface area contributed by atoms with Gasteiger partial charge in [0, 0.05) is 0 Å². The van der Waals surface area contributed by atoms with Gasteiger partial charge in [0.1, 0.15) is 0 Å². The molecular weight excluding hydrogens is 130 g/mol. The van der Waals surface area contributed by atoms with Crippen LogP contribution in [-0.4, -0.2) is 11.7 Å². The first-order chi connectivity index (χ1) is 4.70. The summed E-state index contributed by atoms with van der Waals surface area (Å²) in [4.78, 5) is 15.4. The first-order valence-electron chi connectivity index (χ1n) is 3.42. The van der Waals surface area contributed by atoms with Crippen LogP contribution in [0.1, 0.15) is 26.7 Å². The van der Waals surface area contributed by atoms with Crippen LogP contribution in [0, 0.1) is 5.92 Å². The summed E-state index contributed by atoms with van der Waals surface area (Å²) in [5.74, 6) is -0.0377. The minimum absolute atomic E-state index is 0.142. The summed E-state index contributed by atoms with van der Waals surface area (Å²) in [5, 5.41) is 3.55. The molecule has 0 unspecified atom stereocenters. The third-order valence-corrected chi connectivity index (χ3v) is 1.23. The van der Waals surface area contributed by atoms with Gasteiger partial charge in [-0.15, -0.1) is 0 Å². The van der Waals surface area contributed by atoms with Crippen LogP contribution in [0.2, 0.25) is 0 Å². The first-order valence-corrected chi connectivity index (χ1v) is 3.42. The smallest absolute Gasteiger partial charge is 0.318 e. The minimum atomic E-state index is -0.179. The highest BCUT2D eigenvalue weighted by molar-refractivity contribution is 5.80. The van der Waals surface area contributed by atoms with Crippen LogP contribution < -0.4 is 0 Å². The Hall–Kier alpha value is -0.860. The van der Waals surface area contributed by atoms with Gasteiger partial charge in [-0.25, -0.2) is 4.79 Å². The van der Waals surface area contributed by atoms with Crippen molar-refractivity contribution in [2.24, 2.45) is 11.1 Å². The van der Waals surface area contributed by atoms with E-state index in [1.165, 1.54) is 0 Å². The second kappa shape index (κ2) is 2.82. The normalized spacial score (nSPS) is 16.2. The SMILES string of the molecule is CC(C)=NOC(=O)C1CC1. The van der Waals surface area contributed by atoms with Gasteiger partial charge < -0.3 is 4.84 Å². The van der Waals surface area contributed by atoms with Gasteiger partial charge in [-0.2, -0.15) is 0 Å². The predicted molar refractivity (Wildman–Crippen MR) is 37.6 cm³/mol. The van der Waals surface area contributed by atoms with Crippen molar-refractivity contribution in [3.8, 4) is 0 Å². The number of hydrogen-bond donors (Lipinski definition) is 0. The summed E-state index contributed by atoms with van der Waals surface area (Å²) in [6.45, 7) is 3.58. The molecule has 0 atom stereocenters. The Morgan fingerprint density at radius 2 is 2.10 bits per heavy atom. The van der Waals surface area contributed by atoms with E-state index in [0.717, 1.165) is 18.6 Å². The zero-order valence-electron chi connectivity index (χ0n) is 6.26. The van der Waals surface area contributed by atoms with Crippen molar-refractivity contribution in [3.05, 3.63) is 0 Å². The zero-order valence-corrected chi connectivity index (χ0v) is 6.26. The van der Waals surface area contributed by atoms with Crippen LogP contribution in [0.4, 0.5) is 0 Å². The molecule has 0 aromatic heterocycles. The fraction of sp³-hybridized carbons (Fsp3) is 0.714. The molecule has 3 nitrogen and oxygen atoms in total. The van der Waals surface area contributed by atoms with Crippen molar-refractivity contribution in [2.45, 2.75) is 26.7 Å². The fourth-order valence-corrected chi connectivity index (χ4v) is 0.530. The molecule has 1 saturated carbocycles. The lowest BCUT2D eigenvalue weighted by Gasteiger charge is -1.92. The lowest BCUT2D eigenvalue weighted by molar-refractivity contribution is -0.145. The van der Waals surface area contributed by atoms with E-state index in [1.807, 2.05) is 0 Å². The summed E-state index contributed by atoms with van der Waals surface area (Å²) in [7, 11) is 0. The van der Waals surface area contributed by atoms with Crippen LogP contribution in [0.5, 0.6) is 0 Å². The summed E-state index contributed by atoms with van der Waals surface area (Å²) < 4.78 is 0. The van der Waals surface area contributed by atoms with Gasteiger partial charge in [0.25, 0.3) is 0 Å². The minimum Gasteiger partial charge on any atom is -0.318 e. The van der Waals surface area contributed by atoms with Gasteiger partial charge in [-0.1, -0.05) is 5.16 Å². The number of carbonyl (C=O) groups is 1. The molecule has 0 saturated heterocycles. The summed E-state index contributed by atoms with van der Waals surface area (Å²) in [6, 6.07) is 0. The van der Waals surface area contributed by atoms with E-state index in [9.17, 15) is 4.79 Å². The van der Waals surface area contributed by atoms with Gasteiger partial charge in [0.2, 0.25) is 0 Å². The Morgan fingerprint density at radius 3 is 2.50 bits per heavy atom. The topological polar surface area (TPSA) is 38.7 Å². The maximum atomic E-state index is 10.8. The molecule has 0 aromatic carbocycles. The number of oxime groups is 1. The van der Waals surface area contributed by atoms with E-state index in [-0.39, 0.29) is 11.9 Å². The monoisotopic (exact) mass is 141 g/mol. The van der Waals surface area contributed by atoms with Crippen LogP contribution >= 0.6 is 0 Å². The largest absolute Gasteiger partial charge is 0.338 e. The van der Waals surface area contributed by atoms with Crippen LogP contribution in [0.25, 0.3) is 0 Å². The third-order valence-electron chi connectivity index (χ3n) is 1.23. The zero-order chi connectivity index (χ0) is 7.56. The van der Waals surface area contributed by atoms with Crippen molar-refractivity contribution in [1.82, 2.24) is 0 Å². The van der Waals surface area contributed by atoms with E-state index in [2.05, 4.69) is 9.99 Å². The lowest BCUT2D eigenvalue weighted by Crippen LogP contribution is -2.02. The van der Waals surface area contributed by atoms with Gasteiger partial charge >= 0.3 is 5.97 Å². The number of rotatable bonds is 2. The molecule has 56 valence electrons. The molecule has 1 aliphatic carbocycles. The Bertz CT molecular complexity index is 166. The quantitative estimate of drug-likeness (QED) is 0.330. The van der Waals surface area contributed by atoms with E-state index in [0.29, 0.717) is 0 Å². The fourth-order valence-electron chi connectivity index (χ4n) is 0.530. The second-order valence-corrected chi connectivity index (χ2v) is 2.72. The van der Waals surface area contributed by atoms with E-state index < -0.39 is 0 Å². The summed E-state index contributed by atoms with van der Waals surface area (Å²) in [6.07, 6.45) is 1.94. The molecule has 3 heteroatoms. The van der Waals surface area contributed by atoms with Gasteiger partial charge in [0.15, 0.2) is 0 Å². The molecule has 0 spiro atoms. The molecule has 0 aliphatic heterocycles. The maximum absolute atomic E-state index is 10.8. The molecule has 0 radical (unpaired) electrons. The second-order valence-electron chi connectivity index (χ2n) is 2.72. The van der Waals surface area contributed by atoms with E-state index in [4.69, 9.17) is 0 Å². The Balaban J connectivity index is 2.24. The van der Waals surface area contributed by atoms with Crippen molar-refractivity contribution in [3.63, 3.8) is 0 Å². The molecule has 0 aromatic rings. The van der Waals surface area contributed by atoms with Gasteiger partial charge in [0.05, 0.1) is 11.6 Å². The molecule has 0 N–H and O–H groups in total. The molecule has 1 aliphatic rings. The molecule has 1 rings (SSSR count). The van der Waals surface area contributed by atoms with Crippen molar-refractivity contribution in [2.75, 3.05) is 0 Å². The van der Waals surface area contributed by atoms with Crippen molar-refractivity contribution < 1.29 is 9.63 Å². The third kappa shape index (κ3) is 2.17. The first kappa shape index (κ1) is 7.25. The molecule has 1 fully saturated rings. The predicted octanol–water partition coefficient (Wildman–Crippen LogP) is 1.34. The molecular formula is C7H11NO2. The molecule has 0 bridgehead atoms. The highest BCUT2D eigenvalue weighted by atomic mass is 16.7. The summed E-state index contributed by atoms with van der Waals surface area (Å²) in [5.41, 5.74) is 0.772. The van der Waals surface area contributed by atoms with E-state index in [1.54, 1.807) is 13.8 Å². The number of nitrogens with zero attached hydrogens (tertiary/aromatic N) is 1. The summed E-state index contributed by atoms with van der Waals surface area (Å²) >= 11 is 0. The Kier molecular flexibility index (Phi) is 2.04. The molecule has 10 heavy (non-hydrogen) atoms. The molecule has 0 amide bonds. The van der Waals surface area contributed by atoms with Crippen LogP contribution in [-0.2, 0) is 9.63 Å². The molecule has 0 heterocycles. The highest BCUT2D eigenvalue weighted by Gasteiger charge is 2.31. The van der Waals surface area contributed by atoms with Crippen LogP contribution in [0.3, 0.4) is 0 Å². The average molecular weight is 141 g/mol. The number of hydrogen-bond acceptors (Lipinski definition) is 3. The lowest BCUT2D eigenvalue weighted by atomic mass is 10.4. The number of carbonyl (C=O) groups excluding carboxylic acids is 1. The average Bonchev–Trinajstić information content (AvgIpc) is 2.63. The maximum Gasteiger partial charge on any atom is 0.338 e. The van der Waals surface area contributed by atoms with E-state index >= 15 is 0 Å².